The van der Waals surface area contributed by atoms with E-state index in [9.17, 15) is 0 Å². The van der Waals surface area contributed by atoms with Gasteiger partial charge in [0.1, 0.15) is 11.6 Å². The molecule has 1 heterocycles. The summed E-state index contributed by atoms with van der Waals surface area (Å²) >= 11 is 0. The van der Waals surface area contributed by atoms with Crippen molar-refractivity contribution < 1.29 is 9.09 Å². The molecule has 4 aromatic rings. The third-order valence-electron chi connectivity index (χ3n) is 8.13. The van der Waals surface area contributed by atoms with Gasteiger partial charge in [0.05, 0.1) is 0 Å². The average molecular weight is 524 g/mol. The number of nitrogens with zero attached hydrogens (tertiary/aromatic N) is 1. The van der Waals surface area contributed by atoms with Crippen molar-refractivity contribution in [1.82, 2.24) is 4.67 Å². The van der Waals surface area contributed by atoms with Crippen LogP contribution in [-0.2, 0) is 14.6 Å². The second kappa shape index (κ2) is 11.0. The smallest absolute Gasteiger partial charge is 0.274 e. The molecule has 196 valence electrons. The van der Waals surface area contributed by atoms with Crippen molar-refractivity contribution >= 4 is 7.52 Å². The number of rotatable bonds is 8. The molecular weight excluding hydrogens is 485 g/mol. The van der Waals surface area contributed by atoms with Gasteiger partial charge >= 0.3 is 0 Å². The molecule has 1 saturated heterocycles. The highest BCUT2D eigenvalue weighted by molar-refractivity contribution is 7.56. The van der Waals surface area contributed by atoms with Gasteiger partial charge in [0, 0.05) is 12.2 Å². The summed E-state index contributed by atoms with van der Waals surface area (Å²) < 4.78 is 24.6. The highest BCUT2D eigenvalue weighted by atomic mass is 31.2. The number of hydrogen-bond donors (Lipinski definition) is 0. The Hall–Kier alpha value is -2.97. The van der Waals surface area contributed by atoms with Crippen LogP contribution >= 0.6 is 7.52 Å². The predicted octanol–water partition coefficient (Wildman–Crippen LogP) is 8.93. The van der Waals surface area contributed by atoms with Crippen molar-refractivity contribution in [1.29, 1.82) is 0 Å². The fraction of sp³-hybridized carbons (Fsp3) is 0.294. The van der Waals surface area contributed by atoms with Gasteiger partial charge in [-0.05, 0) is 41.0 Å². The molecule has 4 atom stereocenters. The Morgan fingerprint density at radius 3 is 1.50 bits per heavy atom. The maximum absolute atomic E-state index is 15.5. The molecule has 0 bridgehead atoms. The monoisotopic (exact) mass is 523 g/mol. The maximum Gasteiger partial charge on any atom is 0.274 e. The van der Waals surface area contributed by atoms with Gasteiger partial charge in [-0.3, -0.25) is 4.57 Å². The van der Waals surface area contributed by atoms with Gasteiger partial charge < -0.3 is 4.52 Å². The summed E-state index contributed by atoms with van der Waals surface area (Å²) in [5.41, 5.74) is 3.50. The molecule has 1 fully saturated rings. The fourth-order valence-corrected chi connectivity index (χ4v) is 9.52. The van der Waals surface area contributed by atoms with Crippen molar-refractivity contribution in [2.45, 2.75) is 45.4 Å². The molecule has 1 aliphatic rings. The first-order valence-corrected chi connectivity index (χ1v) is 15.4. The van der Waals surface area contributed by atoms with Crippen molar-refractivity contribution in [3.8, 4) is 0 Å². The first-order valence-electron chi connectivity index (χ1n) is 13.7. The van der Waals surface area contributed by atoms with Crippen LogP contribution in [0.5, 0.6) is 0 Å². The summed E-state index contributed by atoms with van der Waals surface area (Å²) in [5, 5.41) is 0. The van der Waals surface area contributed by atoms with Crippen molar-refractivity contribution in [2.24, 2.45) is 11.8 Å². The van der Waals surface area contributed by atoms with E-state index in [4.69, 9.17) is 4.52 Å². The molecule has 38 heavy (non-hydrogen) atoms. The third-order valence-corrected chi connectivity index (χ3v) is 11.0. The molecule has 0 aromatic heterocycles. The zero-order valence-corrected chi connectivity index (χ0v) is 23.7. The van der Waals surface area contributed by atoms with E-state index in [2.05, 4.69) is 117 Å². The summed E-state index contributed by atoms with van der Waals surface area (Å²) in [7, 11) is -3.35. The van der Waals surface area contributed by atoms with Crippen LogP contribution in [0.15, 0.2) is 121 Å². The molecule has 3 nitrogen and oxygen atoms in total. The number of hydrogen-bond acceptors (Lipinski definition) is 2. The molecule has 4 aromatic carbocycles. The van der Waals surface area contributed by atoms with Crippen molar-refractivity contribution in [2.75, 3.05) is 6.16 Å². The van der Waals surface area contributed by atoms with Crippen LogP contribution in [-0.4, -0.2) is 16.9 Å². The van der Waals surface area contributed by atoms with Crippen molar-refractivity contribution in [3.63, 3.8) is 0 Å². The molecule has 5 rings (SSSR count). The molecule has 1 unspecified atom stereocenters. The SMILES string of the molecule is CC(C)[C@H](C)CP1(=O)O[C@H](c2ccccc2)[C@H](C)N1C(c1ccccc1)(c1ccccc1)c1ccccc1. The average Bonchev–Trinajstić information content (AvgIpc) is 3.22. The lowest BCUT2D eigenvalue weighted by atomic mass is 9.76. The number of benzene rings is 4. The summed E-state index contributed by atoms with van der Waals surface area (Å²) in [6.45, 7) is 8.78. The Labute approximate surface area is 228 Å². The quantitative estimate of drug-likeness (QED) is 0.171. The minimum atomic E-state index is -3.35. The zero-order valence-electron chi connectivity index (χ0n) is 22.8. The minimum absolute atomic E-state index is 0.150. The molecule has 0 N–H and O–H groups in total. The topological polar surface area (TPSA) is 29.5 Å². The third kappa shape index (κ3) is 4.69. The van der Waals surface area contributed by atoms with Crippen LogP contribution in [0.4, 0.5) is 0 Å². The van der Waals surface area contributed by atoms with Gasteiger partial charge in [0.25, 0.3) is 7.52 Å². The lowest BCUT2D eigenvalue weighted by molar-refractivity contribution is 0.177. The minimum Gasteiger partial charge on any atom is -0.307 e. The van der Waals surface area contributed by atoms with Gasteiger partial charge in [-0.15, -0.1) is 0 Å². The van der Waals surface area contributed by atoms with Crippen LogP contribution in [0.25, 0.3) is 0 Å². The highest BCUT2D eigenvalue weighted by Gasteiger charge is 2.59. The fourth-order valence-electron chi connectivity index (χ4n) is 5.88. The van der Waals surface area contributed by atoms with Gasteiger partial charge in [-0.25, -0.2) is 4.67 Å². The Morgan fingerprint density at radius 1 is 0.711 bits per heavy atom. The van der Waals surface area contributed by atoms with E-state index in [1.54, 1.807) is 0 Å². The Balaban J connectivity index is 1.84. The molecule has 1 aliphatic heterocycles. The van der Waals surface area contributed by atoms with E-state index in [0.717, 1.165) is 22.3 Å². The first-order chi connectivity index (χ1) is 18.4. The molecule has 0 amide bonds. The van der Waals surface area contributed by atoms with Crippen LogP contribution in [0, 0.1) is 11.8 Å². The first kappa shape index (κ1) is 26.6. The molecular formula is C34H38NO2P. The zero-order chi connectivity index (χ0) is 26.8. The largest absolute Gasteiger partial charge is 0.307 e. The Kier molecular flexibility index (Phi) is 7.73. The lowest BCUT2D eigenvalue weighted by Gasteiger charge is -2.47. The molecule has 0 saturated carbocycles. The van der Waals surface area contributed by atoms with Crippen LogP contribution in [0.2, 0.25) is 0 Å². The van der Waals surface area contributed by atoms with E-state index in [1.165, 1.54) is 0 Å². The molecule has 0 aliphatic carbocycles. The van der Waals surface area contributed by atoms with E-state index >= 15 is 4.57 Å². The van der Waals surface area contributed by atoms with E-state index in [0.29, 0.717) is 12.1 Å². The second-order valence-electron chi connectivity index (χ2n) is 10.9. The normalized spacial score (nSPS) is 23.0. The van der Waals surface area contributed by atoms with Crippen LogP contribution in [0.1, 0.15) is 56.1 Å². The van der Waals surface area contributed by atoms with E-state index < -0.39 is 13.1 Å². The molecule has 0 radical (unpaired) electrons. The van der Waals surface area contributed by atoms with Gasteiger partial charge in [-0.2, -0.15) is 0 Å². The van der Waals surface area contributed by atoms with E-state index in [-0.39, 0.29) is 18.1 Å². The summed E-state index contributed by atoms with van der Waals surface area (Å²) in [6.07, 6.45) is 0.184. The highest BCUT2D eigenvalue weighted by Crippen LogP contribution is 2.70. The maximum atomic E-state index is 15.5. The Bertz CT molecular complexity index is 1260. The lowest BCUT2D eigenvalue weighted by Crippen LogP contribution is -2.49. The predicted molar refractivity (Wildman–Crippen MR) is 157 cm³/mol. The summed E-state index contributed by atoms with van der Waals surface area (Å²) in [4.78, 5) is 0. The van der Waals surface area contributed by atoms with Crippen LogP contribution in [0.3, 0.4) is 0 Å². The second-order valence-corrected chi connectivity index (χ2v) is 13.2. The van der Waals surface area contributed by atoms with Gasteiger partial charge in [-0.1, -0.05) is 142 Å². The van der Waals surface area contributed by atoms with Crippen molar-refractivity contribution in [3.05, 3.63) is 144 Å². The molecule has 0 spiro atoms. The Morgan fingerprint density at radius 2 is 1.11 bits per heavy atom. The molecule has 4 heteroatoms. The van der Waals surface area contributed by atoms with Crippen LogP contribution < -0.4 is 0 Å². The van der Waals surface area contributed by atoms with E-state index in [1.807, 2.05) is 36.4 Å². The van der Waals surface area contributed by atoms with Gasteiger partial charge in [0.15, 0.2) is 0 Å². The summed E-state index contributed by atoms with van der Waals surface area (Å²) in [6, 6.07) is 41.7. The van der Waals surface area contributed by atoms with Gasteiger partial charge in [0.2, 0.25) is 0 Å². The summed E-state index contributed by atoms with van der Waals surface area (Å²) in [5.74, 6) is 0.613. The standard InChI is InChI=1S/C34H38NO2P/c1-26(2)27(3)25-38(36)35(28(4)33(37-38)29-17-9-5-10-18-29)34(30-19-11-6-12-20-30,31-21-13-7-14-22-31)32-23-15-8-16-24-32/h5-24,26-28,33H,25H2,1-4H3/t27-,28+,33+,38?/m1/s1.